The first-order valence-corrected chi connectivity index (χ1v) is 7.05. The monoisotopic (exact) mass is 284 g/mol. The van der Waals surface area contributed by atoms with Crippen molar-refractivity contribution in [2.45, 2.75) is 32.6 Å². The molecule has 0 saturated carbocycles. The number of carbonyl (C=O) groups excluding carboxylic acids is 2. The van der Waals surface area contributed by atoms with Crippen molar-refractivity contribution in [1.82, 2.24) is 5.16 Å². The zero-order valence-electron chi connectivity index (χ0n) is 11.8. The van der Waals surface area contributed by atoms with E-state index < -0.39 is 0 Å². The number of aryl methyl sites for hydroxylation is 1. The lowest BCUT2D eigenvalue weighted by Crippen LogP contribution is -2.14. The van der Waals surface area contributed by atoms with Gasteiger partial charge in [-0.25, -0.2) is 0 Å². The molecule has 0 fully saturated rings. The van der Waals surface area contributed by atoms with Gasteiger partial charge in [0.15, 0.2) is 5.78 Å². The standard InChI is InChI=1S/C16H16N2O3/c1-10(19)11-5-4-6-12(9-11)17-16(20)15-13-7-2-3-8-14(13)18-21-15/h4-6,9H,2-3,7-8H2,1H3,(H,17,20). The van der Waals surface area contributed by atoms with Crippen molar-refractivity contribution in [1.29, 1.82) is 0 Å². The van der Waals surface area contributed by atoms with Crippen LogP contribution in [0.25, 0.3) is 0 Å². The average Bonchev–Trinajstić information content (AvgIpc) is 2.91. The van der Waals surface area contributed by atoms with Crippen molar-refractivity contribution in [3.05, 3.63) is 46.8 Å². The lowest BCUT2D eigenvalue weighted by atomic mass is 9.96. The van der Waals surface area contributed by atoms with E-state index in [-0.39, 0.29) is 17.5 Å². The van der Waals surface area contributed by atoms with E-state index >= 15 is 0 Å². The summed E-state index contributed by atoms with van der Waals surface area (Å²) in [7, 11) is 0. The van der Waals surface area contributed by atoms with E-state index in [4.69, 9.17) is 4.52 Å². The van der Waals surface area contributed by atoms with E-state index in [1.807, 2.05) is 0 Å². The van der Waals surface area contributed by atoms with Gasteiger partial charge in [-0.05, 0) is 44.7 Å². The molecule has 0 aliphatic heterocycles. The van der Waals surface area contributed by atoms with Crippen molar-refractivity contribution >= 4 is 17.4 Å². The van der Waals surface area contributed by atoms with Crippen LogP contribution in [0.15, 0.2) is 28.8 Å². The first-order valence-electron chi connectivity index (χ1n) is 7.05. The average molecular weight is 284 g/mol. The van der Waals surface area contributed by atoms with Crippen LogP contribution >= 0.6 is 0 Å². The lowest BCUT2D eigenvalue weighted by Gasteiger charge is -2.09. The highest BCUT2D eigenvalue weighted by Crippen LogP contribution is 2.24. The molecular weight excluding hydrogens is 268 g/mol. The van der Waals surface area contributed by atoms with Crippen LogP contribution in [-0.4, -0.2) is 16.8 Å². The fourth-order valence-electron chi connectivity index (χ4n) is 2.57. The summed E-state index contributed by atoms with van der Waals surface area (Å²) < 4.78 is 5.20. The summed E-state index contributed by atoms with van der Waals surface area (Å²) in [5, 5.41) is 6.74. The normalized spacial score (nSPS) is 13.6. The van der Waals surface area contributed by atoms with Crippen LogP contribution in [0.3, 0.4) is 0 Å². The van der Waals surface area contributed by atoms with E-state index in [9.17, 15) is 9.59 Å². The number of hydrogen-bond donors (Lipinski definition) is 1. The minimum atomic E-state index is -0.314. The molecule has 2 aromatic rings. The number of hydrogen-bond acceptors (Lipinski definition) is 4. The molecule has 108 valence electrons. The maximum atomic E-state index is 12.3. The SMILES string of the molecule is CC(=O)c1cccc(NC(=O)c2onc3c2CCCC3)c1. The molecule has 5 heteroatoms. The number of fused-ring (bicyclic) bond motifs is 1. The molecule has 1 aliphatic carbocycles. The van der Waals surface area contributed by atoms with E-state index in [0.29, 0.717) is 11.3 Å². The third-order valence-electron chi connectivity index (χ3n) is 3.69. The Morgan fingerprint density at radius 3 is 2.86 bits per heavy atom. The zero-order valence-corrected chi connectivity index (χ0v) is 11.8. The molecule has 0 radical (unpaired) electrons. The van der Waals surface area contributed by atoms with Crippen molar-refractivity contribution in [3.8, 4) is 0 Å². The molecule has 0 unspecified atom stereocenters. The lowest BCUT2D eigenvalue weighted by molar-refractivity contribution is 0.0983. The fourth-order valence-corrected chi connectivity index (χ4v) is 2.57. The number of ketones is 1. The Labute approximate surface area is 122 Å². The van der Waals surface area contributed by atoms with Gasteiger partial charge in [0.25, 0.3) is 5.91 Å². The summed E-state index contributed by atoms with van der Waals surface area (Å²) in [6, 6.07) is 6.85. The summed E-state index contributed by atoms with van der Waals surface area (Å²) in [5.74, 6) is -0.0626. The predicted octanol–water partition coefficient (Wildman–Crippen LogP) is 3.01. The molecule has 21 heavy (non-hydrogen) atoms. The summed E-state index contributed by atoms with van der Waals surface area (Å²) >= 11 is 0. The van der Waals surface area contributed by atoms with Crippen molar-refractivity contribution in [2.24, 2.45) is 0 Å². The van der Waals surface area contributed by atoms with Crippen LogP contribution in [0.4, 0.5) is 5.69 Å². The van der Waals surface area contributed by atoms with Gasteiger partial charge < -0.3 is 9.84 Å². The summed E-state index contributed by atoms with van der Waals surface area (Å²) in [5.41, 5.74) is 2.95. The topological polar surface area (TPSA) is 72.2 Å². The van der Waals surface area contributed by atoms with Gasteiger partial charge in [-0.3, -0.25) is 9.59 Å². The van der Waals surface area contributed by atoms with E-state index in [1.54, 1.807) is 24.3 Å². The zero-order chi connectivity index (χ0) is 14.8. The first kappa shape index (κ1) is 13.5. The molecule has 0 saturated heterocycles. The number of amides is 1. The van der Waals surface area contributed by atoms with Crippen LogP contribution in [-0.2, 0) is 12.8 Å². The Hall–Kier alpha value is -2.43. The van der Waals surface area contributed by atoms with Gasteiger partial charge in [0.1, 0.15) is 0 Å². The molecule has 5 nitrogen and oxygen atoms in total. The molecule has 0 spiro atoms. The Morgan fingerprint density at radius 1 is 1.24 bits per heavy atom. The van der Waals surface area contributed by atoms with E-state index in [2.05, 4.69) is 10.5 Å². The Kier molecular flexibility index (Phi) is 3.56. The van der Waals surface area contributed by atoms with Gasteiger partial charge in [-0.1, -0.05) is 17.3 Å². The third-order valence-corrected chi connectivity index (χ3v) is 3.69. The van der Waals surface area contributed by atoms with Gasteiger partial charge in [-0.15, -0.1) is 0 Å². The maximum absolute atomic E-state index is 12.3. The number of Topliss-reactive ketones (excluding diaryl/α,β-unsaturated/α-hetero) is 1. The molecule has 1 aliphatic rings. The number of nitrogens with zero attached hydrogens (tertiary/aromatic N) is 1. The van der Waals surface area contributed by atoms with Crippen molar-refractivity contribution in [3.63, 3.8) is 0 Å². The molecule has 1 aromatic heterocycles. The van der Waals surface area contributed by atoms with E-state index in [1.165, 1.54) is 6.92 Å². The van der Waals surface area contributed by atoms with Crippen LogP contribution in [0.2, 0.25) is 0 Å². The molecule has 3 rings (SSSR count). The number of carbonyl (C=O) groups is 2. The number of anilines is 1. The maximum Gasteiger partial charge on any atom is 0.294 e. The van der Waals surface area contributed by atoms with E-state index in [0.717, 1.165) is 36.9 Å². The minimum Gasteiger partial charge on any atom is -0.350 e. The minimum absolute atomic E-state index is 0.0388. The highest BCUT2D eigenvalue weighted by Gasteiger charge is 2.24. The summed E-state index contributed by atoms with van der Waals surface area (Å²) in [4.78, 5) is 23.7. The van der Waals surface area contributed by atoms with Crippen LogP contribution in [0.1, 0.15) is 51.9 Å². The predicted molar refractivity (Wildman–Crippen MR) is 77.5 cm³/mol. The number of aromatic nitrogens is 1. The van der Waals surface area contributed by atoms with Crippen LogP contribution in [0.5, 0.6) is 0 Å². The van der Waals surface area contributed by atoms with Crippen LogP contribution < -0.4 is 5.32 Å². The van der Waals surface area contributed by atoms with Crippen LogP contribution in [0, 0.1) is 0 Å². The second-order valence-corrected chi connectivity index (χ2v) is 5.24. The molecule has 0 bridgehead atoms. The molecule has 1 N–H and O–H groups in total. The Bertz CT molecular complexity index is 703. The second-order valence-electron chi connectivity index (χ2n) is 5.24. The van der Waals surface area contributed by atoms with Gasteiger partial charge in [-0.2, -0.15) is 0 Å². The van der Waals surface area contributed by atoms with Gasteiger partial charge in [0.2, 0.25) is 5.76 Å². The largest absolute Gasteiger partial charge is 0.350 e. The number of benzene rings is 1. The number of nitrogens with one attached hydrogen (secondary N) is 1. The smallest absolute Gasteiger partial charge is 0.294 e. The molecule has 1 amide bonds. The highest BCUT2D eigenvalue weighted by atomic mass is 16.5. The quantitative estimate of drug-likeness (QED) is 0.879. The summed E-state index contributed by atoms with van der Waals surface area (Å²) in [6.07, 6.45) is 3.83. The van der Waals surface area contributed by atoms with Crippen molar-refractivity contribution < 1.29 is 14.1 Å². The van der Waals surface area contributed by atoms with Gasteiger partial charge in [0.05, 0.1) is 5.69 Å². The van der Waals surface area contributed by atoms with Gasteiger partial charge >= 0.3 is 0 Å². The third kappa shape index (κ3) is 2.72. The molecule has 1 heterocycles. The Morgan fingerprint density at radius 2 is 2.05 bits per heavy atom. The van der Waals surface area contributed by atoms with Crippen molar-refractivity contribution in [2.75, 3.05) is 5.32 Å². The molecule has 1 aromatic carbocycles. The molecule has 0 atom stereocenters. The number of rotatable bonds is 3. The second kappa shape index (κ2) is 5.52. The highest BCUT2D eigenvalue weighted by molar-refractivity contribution is 6.04. The first-order chi connectivity index (χ1) is 10.1. The fraction of sp³-hybridized carbons (Fsp3) is 0.312. The summed E-state index contributed by atoms with van der Waals surface area (Å²) in [6.45, 7) is 1.49. The van der Waals surface area contributed by atoms with Gasteiger partial charge in [0, 0.05) is 16.8 Å². The Balaban J connectivity index is 1.82. The molecular formula is C16H16N2O3.